The summed E-state index contributed by atoms with van der Waals surface area (Å²) in [4.78, 5) is -0.346. The molecule has 0 atom stereocenters. The first-order valence-electron chi connectivity index (χ1n) is 5.74. The van der Waals surface area contributed by atoms with Gasteiger partial charge in [-0.15, -0.1) is 0 Å². The van der Waals surface area contributed by atoms with Gasteiger partial charge in [-0.2, -0.15) is 0 Å². The Morgan fingerprint density at radius 2 is 1.71 bits per heavy atom. The van der Waals surface area contributed by atoms with Crippen LogP contribution in [0.3, 0.4) is 0 Å². The number of nitrogens with two attached hydrogens (primary N) is 1. The van der Waals surface area contributed by atoms with Crippen LogP contribution in [0.5, 0.6) is 0 Å². The minimum Gasteiger partial charge on any atom is -0.399 e. The predicted octanol–water partition coefficient (Wildman–Crippen LogP) is 3.82. The van der Waals surface area contributed by atoms with Crippen molar-refractivity contribution in [3.63, 3.8) is 0 Å². The van der Waals surface area contributed by atoms with Crippen molar-refractivity contribution in [2.45, 2.75) is 11.8 Å². The summed E-state index contributed by atoms with van der Waals surface area (Å²) in [5.41, 5.74) is 6.27. The quantitative estimate of drug-likeness (QED) is 0.828. The second-order valence-corrected chi connectivity index (χ2v) is 6.84. The molecule has 3 N–H and O–H groups in total. The van der Waals surface area contributed by atoms with E-state index in [0.29, 0.717) is 5.56 Å². The molecule has 21 heavy (non-hydrogen) atoms. The summed E-state index contributed by atoms with van der Waals surface area (Å²) in [6, 6.07) is 6.57. The maximum Gasteiger partial charge on any atom is 0.264 e. The molecule has 0 saturated carbocycles. The Labute approximate surface area is 131 Å². The number of nitrogens with one attached hydrogen (secondary N) is 1. The number of hydrogen-bond acceptors (Lipinski definition) is 3. The van der Waals surface area contributed by atoms with Gasteiger partial charge in [-0.1, -0.05) is 29.3 Å². The van der Waals surface area contributed by atoms with Crippen molar-refractivity contribution in [3.8, 4) is 0 Å². The zero-order chi connectivity index (χ0) is 15.8. The lowest BCUT2D eigenvalue weighted by Gasteiger charge is -2.12. The lowest BCUT2D eigenvalue weighted by molar-refractivity contribution is 0.598. The summed E-state index contributed by atoms with van der Waals surface area (Å²) >= 11 is 11.8. The number of benzene rings is 2. The molecule has 0 aliphatic carbocycles. The van der Waals surface area contributed by atoms with Crippen LogP contribution in [-0.4, -0.2) is 8.42 Å². The highest BCUT2D eigenvalue weighted by molar-refractivity contribution is 7.93. The third kappa shape index (κ3) is 3.40. The normalized spacial score (nSPS) is 11.4. The topological polar surface area (TPSA) is 72.2 Å². The fraction of sp³-hybridized carbons (Fsp3) is 0.0769. The molecule has 0 aliphatic heterocycles. The van der Waals surface area contributed by atoms with E-state index in [2.05, 4.69) is 4.72 Å². The van der Waals surface area contributed by atoms with Crippen molar-refractivity contribution in [1.29, 1.82) is 0 Å². The Morgan fingerprint density at radius 1 is 1.14 bits per heavy atom. The van der Waals surface area contributed by atoms with Gasteiger partial charge in [0.1, 0.15) is 10.7 Å². The van der Waals surface area contributed by atoms with E-state index < -0.39 is 15.8 Å². The SMILES string of the molecule is Cc1ccc(F)c(NS(=O)(=O)c2c(Cl)cc(N)cc2Cl)c1. The molecular formula is C13H11Cl2FN2O2S. The van der Waals surface area contributed by atoms with Crippen LogP contribution in [0, 0.1) is 12.7 Å². The highest BCUT2D eigenvalue weighted by Crippen LogP contribution is 2.33. The van der Waals surface area contributed by atoms with Crippen LogP contribution in [0.25, 0.3) is 0 Å². The molecule has 0 amide bonds. The summed E-state index contributed by atoms with van der Waals surface area (Å²) in [6.07, 6.45) is 0. The third-order valence-corrected chi connectivity index (χ3v) is 4.94. The minimum atomic E-state index is -4.14. The van der Waals surface area contributed by atoms with Crippen molar-refractivity contribution >= 4 is 44.6 Å². The van der Waals surface area contributed by atoms with Gasteiger partial charge in [-0.3, -0.25) is 4.72 Å². The second-order valence-electron chi connectivity index (χ2n) is 4.40. The van der Waals surface area contributed by atoms with Gasteiger partial charge in [0.25, 0.3) is 10.0 Å². The molecule has 0 saturated heterocycles. The summed E-state index contributed by atoms with van der Waals surface area (Å²) < 4.78 is 40.5. The lowest BCUT2D eigenvalue weighted by atomic mass is 10.2. The van der Waals surface area contributed by atoms with Gasteiger partial charge in [0.05, 0.1) is 15.7 Å². The Balaban J connectivity index is 2.51. The number of nitrogen functional groups attached to an aromatic ring is 1. The van der Waals surface area contributed by atoms with E-state index in [4.69, 9.17) is 28.9 Å². The van der Waals surface area contributed by atoms with Gasteiger partial charge in [0.15, 0.2) is 0 Å². The van der Waals surface area contributed by atoms with Gasteiger partial charge in [0.2, 0.25) is 0 Å². The third-order valence-electron chi connectivity index (χ3n) is 2.66. The zero-order valence-electron chi connectivity index (χ0n) is 10.8. The van der Waals surface area contributed by atoms with E-state index in [9.17, 15) is 12.8 Å². The number of hydrogen-bond donors (Lipinski definition) is 2. The maximum atomic E-state index is 13.7. The van der Waals surface area contributed by atoms with Crippen LogP contribution in [0.4, 0.5) is 15.8 Å². The van der Waals surface area contributed by atoms with Gasteiger partial charge < -0.3 is 5.73 Å². The van der Waals surface area contributed by atoms with E-state index >= 15 is 0 Å². The molecule has 112 valence electrons. The lowest BCUT2D eigenvalue weighted by Crippen LogP contribution is -2.15. The molecule has 2 aromatic carbocycles. The summed E-state index contributed by atoms with van der Waals surface area (Å²) in [6.45, 7) is 1.71. The van der Waals surface area contributed by atoms with Crippen molar-refractivity contribution in [3.05, 3.63) is 51.8 Å². The van der Waals surface area contributed by atoms with Crippen LogP contribution >= 0.6 is 23.2 Å². The monoisotopic (exact) mass is 348 g/mol. The van der Waals surface area contributed by atoms with E-state index in [1.165, 1.54) is 30.3 Å². The van der Waals surface area contributed by atoms with E-state index in [-0.39, 0.29) is 26.3 Å². The Bertz CT molecular complexity index is 787. The van der Waals surface area contributed by atoms with Gasteiger partial charge in [-0.25, -0.2) is 12.8 Å². The molecule has 2 rings (SSSR count). The van der Waals surface area contributed by atoms with Crippen LogP contribution in [0.15, 0.2) is 35.2 Å². The Kier molecular flexibility index (Phi) is 4.32. The molecule has 0 aromatic heterocycles. The van der Waals surface area contributed by atoms with Gasteiger partial charge in [-0.05, 0) is 36.8 Å². The van der Waals surface area contributed by atoms with Crippen LogP contribution in [-0.2, 0) is 10.0 Å². The first kappa shape index (κ1) is 15.9. The molecule has 0 bridgehead atoms. The molecule has 2 aromatic rings. The second kappa shape index (κ2) is 5.71. The fourth-order valence-electron chi connectivity index (χ4n) is 1.75. The van der Waals surface area contributed by atoms with Gasteiger partial charge >= 0.3 is 0 Å². The van der Waals surface area contributed by atoms with E-state index in [0.717, 1.165) is 0 Å². The molecule has 8 heteroatoms. The minimum absolute atomic E-state index is 0.138. The molecule has 0 radical (unpaired) electrons. The Morgan fingerprint density at radius 3 is 2.29 bits per heavy atom. The maximum absolute atomic E-state index is 13.7. The molecule has 0 fully saturated rings. The average molecular weight is 349 g/mol. The summed E-state index contributed by atoms with van der Waals surface area (Å²) in [7, 11) is -4.14. The predicted molar refractivity (Wildman–Crippen MR) is 82.8 cm³/mol. The summed E-state index contributed by atoms with van der Waals surface area (Å²) in [5, 5.41) is -0.277. The first-order valence-corrected chi connectivity index (χ1v) is 7.98. The molecular weight excluding hydrogens is 338 g/mol. The van der Waals surface area contributed by atoms with E-state index in [1.54, 1.807) is 6.92 Å². The van der Waals surface area contributed by atoms with Crippen molar-refractivity contribution in [2.75, 3.05) is 10.5 Å². The molecule has 0 aliphatic rings. The fourth-order valence-corrected chi connectivity index (χ4v) is 4.04. The van der Waals surface area contributed by atoms with Crippen LogP contribution in [0.2, 0.25) is 10.0 Å². The number of anilines is 2. The highest BCUT2D eigenvalue weighted by atomic mass is 35.5. The number of rotatable bonds is 3. The molecule has 0 heterocycles. The Hall–Kier alpha value is -1.50. The van der Waals surface area contributed by atoms with Crippen molar-refractivity contribution < 1.29 is 12.8 Å². The van der Waals surface area contributed by atoms with Crippen molar-refractivity contribution in [2.24, 2.45) is 0 Å². The number of sulfonamides is 1. The molecule has 4 nitrogen and oxygen atoms in total. The molecule has 0 unspecified atom stereocenters. The first-order chi connectivity index (χ1) is 9.70. The van der Waals surface area contributed by atoms with Gasteiger partial charge in [0, 0.05) is 5.69 Å². The average Bonchev–Trinajstić information content (AvgIpc) is 2.31. The molecule has 0 spiro atoms. The smallest absolute Gasteiger partial charge is 0.264 e. The van der Waals surface area contributed by atoms with Crippen molar-refractivity contribution in [1.82, 2.24) is 0 Å². The zero-order valence-corrected chi connectivity index (χ0v) is 13.2. The van der Waals surface area contributed by atoms with Crippen LogP contribution in [0.1, 0.15) is 5.56 Å². The highest BCUT2D eigenvalue weighted by Gasteiger charge is 2.23. The number of halogens is 3. The summed E-state index contributed by atoms with van der Waals surface area (Å²) in [5.74, 6) is -0.702. The standard InChI is InChI=1S/C13H11Cl2FN2O2S/c1-7-2-3-11(16)12(4-7)18-21(19,20)13-9(14)5-8(17)6-10(13)15/h2-6,18H,17H2,1H3. The van der Waals surface area contributed by atoms with Crippen LogP contribution < -0.4 is 10.5 Å². The number of aryl methyl sites for hydroxylation is 1. The largest absolute Gasteiger partial charge is 0.399 e. The van der Waals surface area contributed by atoms with E-state index in [1.807, 2.05) is 0 Å².